The van der Waals surface area contributed by atoms with Crippen molar-refractivity contribution in [2.24, 2.45) is 11.8 Å². The normalized spacial score (nSPS) is 27.7. The van der Waals surface area contributed by atoms with Crippen molar-refractivity contribution in [1.82, 2.24) is 14.5 Å². The maximum atomic E-state index is 13.5. The molecular weight excluding hydrogens is 426 g/mol. The molecule has 2 heterocycles. The number of hydrogen-bond donors (Lipinski definition) is 1. The van der Waals surface area contributed by atoms with E-state index in [9.17, 15) is 18.0 Å². The smallest absolute Gasteiger partial charge is 0.226 e. The molecule has 0 unspecified atom stereocenters. The highest BCUT2D eigenvalue weighted by atomic mass is 32.2. The van der Waals surface area contributed by atoms with Crippen LogP contribution in [0.4, 0.5) is 0 Å². The average molecular weight is 462 g/mol. The lowest BCUT2D eigenvalue weighted by Crippen LogP contribution is -2.47. The molecule has 1 aromatic rings. The van der Waals surface area contributed by atoms with Gasteiger partial charge in [-0.25, -0.2) is 8.42 Å². The van der Waals surface area contributed by atoms with Gasteiger partial charge in [-0.3, -0.25) is 9.59 Å². The van der Waals surface area contributed by atoms with Gasteiger partial charge in [0, 0.05) is 38.1 Å². The van der Waals surface area contributed by atoms with Crippen LogP contribution in [0.1, 0.15) is 56.6 Å². The first kappa shape index (κ1) is 23.2. The number of amides is 2. The fourth-order valence-electron chi connectivity index (χ4n) is 5.53. The van der Waals surface area contributed by atoms with Gasteiger partial charge in [-0.1, -0.05) is 37.1 Å². The highest BCUT2D eigenvalue weighted by molar-refractivity contribution is 7.89. The van der Waals surface area contributed by atoms with E-state index in [-0.39, 0.29) is 23.5 Å². The van der Waals surface area contributed by atoms with E-state index in [4.69, 9.17) is 0 Å². The summed E-state index contributed by atoms with van der Waals surface area (Å²) in [5.74, 6) is -0.827. The van der Waals surface area contributed by atoms with Crippen LogP contribution in [0.15, 0.2) is 24.3 Å². The molecule has 0 spiro atoms. The van der Waals surface area contributed by atoms with E-state index in [2.05, 4.69) is 17.4 Å². The van der Waals surface area contributed by atoms with Crippen molar-refractivity contribution < 1.29 is 18.0 Å². The van der Waals surface area contributed by atoms with Crippen molar-refractivity contribution in [3.05, 3.63) is 35.4 Å². The van der Waals surface area contributed by atoms with Gasteiger partial charge in [-0.15, -0.1) is 0 Å². The average Bonchev–Trinajstić information content (AvgIpc) is 3.23. The van der Waals surface area contributed by atoms with E-state index in [0.29, 0.717) is 39.0 Å². The molecule has 2 aliphatic heterocycles. The molecule has 3 aliphatic rings. The van der Waals surface area contributed by atoms with E-state index in [1.165, 1.54) is 11.1 Å². The van der Waals surface area contributed by atoms with E-state index < -0.39 is 22.0 Å². The zero-order valence-electron chi connectivity index (χ0n) is 19.0. The van der Waals surface area contributed by atoms with Crippen LogP contribution < -0.4 is 5.32 Å². The first-order valence-electron chi connectivity index (χ1n) is 12.0. The fourth-order valence-corrected chi connectivity index (χ4v) is 6.91. The summed E-state index contributed by atoms with van der Waals surface area (Å²) in [6.07, 6.45) is 5.29. The van der Waals surface area contributed by atoms with Crippen molar-refractivity contribution in [2.45, 2.75) is 64.5 Å². The molecule has 3 atom stereocenters. The number of hydrogen-bond acceptors (Lipinski definition) is 4. The van der Waals surface area contributed by atoms with Crippen LogP contribution in [0.3, 0.4) is 0 Å². The highest BCUT2D eigenvalue weighted by Gasteiger charge is 2.47. The van der Waals surface area contributed by atoms with Crippen LogP contribution in [0.25, 0.3) is 0 Å². The topological polar surface area (TPSA) is 86.8 Å². The first-order chi connectivity index (χ1) is 15.4. The molecule has 2 amide bonds. The van der Waals surface area contributed by atoms with E-state index in [0.717, 1.165) is 32.1 Å². The van der Waals surface area contributed by atoms with Gasteiger partial charge in [-0.05, 0) is 50.2 Å². The number of fused-ring (bicyclic) bond motifs is 2. The van der Waals surface area contributed by atoms with Gasteiger partial charge in [-0.2, -0.15) is 4.31 Å². The number of carbonyl (C=O) groups excluding carboxylic acids is 2. The molecule has 1 N–H and O–H groups in total. The van der Waals surface area contributed by atoms with Crippen LogP contribution in [0, 0.1) is 11.8 Å². The Morgan fingerprint density at radius 1 is 1.06 bits per heavy atom. The Bertz CT molecular complexity index is 948. The number of sulfonamides is 1. The first-order valence-corrected chi connectivity index (χ1v) is 13.6. The van der Waals surface area contributed by atoms with Gasteiger partial charge in [0.05, 0.1) is 11.7 Å². The standard InChI is InChI=1S/C24H35N3O4S/c1-2-32(30,31)27-13-8-4-3-7-12-25-23(28)21-15-20(16-22(21)27)24(29)26-14-11-18-9-5-6-10-19(18)17-26/h5-6,9-10,20-22H,2-4,7-8,11-17H2,1H3,(H,25,28)/t20-,21-,22+/m1/s1. The molecular formula is C24H35N3O4S. The number of nitrogens with one attached hydrogen (secondary N) is 1. The van der Waals surface area contributed by atoms with Crippen LogP contribution in [-0.4, -0.2) is 60.9 Å². The Balaban J connectivity index is 1.56. The summed E-state index contributed by atoms with van der Waals surface area (Å²) >= 11 is 0. The van der Waals surface area contributed by atoms with Crippen molar-refractivity contribution in [3.8, 4) is 0 Å². The maximum absolute atomic E-state index is 13.5. The summed E-state index contributed by atoms with van der Waals surface area (Å²) in [5, 5.41) is 3.01. The fraction of sp³-hybridized carbons (Fsp3) is 0.667. The third-order valence-corrected chi connectivity index (χ3v) is 9.25. The monoisotopic (exact) mass is 461 g/mol. The zero-order valence-corrected chi connectivity index (χ0v) is 19.8. The largest absolute Gasteiger partial charge is 0.356 e. The summed E-state index contributed by atoms with van der Waals surface area (Å²) in [4.78, 5) is 28.4. The number of carbonyl (C=O) groups is 2. The van der Waals surface area contributed by atoms with Crippen molar-refractivity contribution in [2.75, 3.05) is 25.4 Å². The number of rotatable bonds is 3. The SMILES string of the molecule is CCS(=O)(=O)N1CCCCCCNC(=O)[C@@H]2C[C@@H](C(=O)N3CCc4ccccc4C3)C[C@@H]21. The van der Waals surface area contributed by atoms with Crippen LogP contribution in [-0.2, 0) is 32.6 Å². The van der Waals surface area contributed by atoms with E-state index in [1.807, 2.05) is 17.0 Å². The van der Waals surface area contributed by atoms with Crippen LogP contribution >= 0.6 is 0 Å². The molecule has 32 heavy (non-hydrogen) atoms. The summed E-state index contributed by atoms with van der Waals surface area (Å²) in [6, 6.07) is 7.76. The lowest BCUT2D eigenvalue weighted by molar-refractivity contribution is -0.136. The lowest BCUT2D eigenvalue weighted by Gasteiger charge is -2.32. The molecule has 2 fully saturated rings. The van der Waals surface area contributed by atoms with E-state index in [1.54, 1.807) is 11.2 Å². The Hall–Kier alpha value is -1.93. The summed E-state index contributed by atoms with van der Waals surface area (Å²) < 4.78 is 27.5. The molecule has 1 aromatic carbocycles. The van der Waals surface area contributed by atoms with Crippen LogP contribution in [0.5, 0.6) is 0 Å². The zero-order chi connectivity index (χ0) is 22.7. The lowest BCUT2D eigenvalue weighted by atomic mass is 9.97. The number of benzene rings is 1. The quantitative estimate of drug-likeness (QED) is 0.748. The third-order valence-electron chi connectivity index (χ3n) is 7.35. The minimum absolute atomic E-state index is 0.0133. The highest BCUT2D eigenvalue weighted by Crippen LogP contribution is 2.38. The van der Waals surface area contributed by atoms with Crippen molar-refractivity contribution in [1.29, 1.82) is 0 Å². The molecule has 7 nitrogen and oxygen atoms in total. The minimum atomic E-state index is -3.46. The van der Waals surface area contributed by atoms with Gasteiger partial charge >= 0.3 is 0 Å². The summed E-state index contributed by atoms with van der Waals surface area (Å²) in [7, 11) is -3.46. The molecule has 8 heteroatoms. The molecule has 176 valence electrons. The predicted molar refractivity (Wildman–Crippen MR) is 123 cm³/mol. The molecule has 1 saturated carbocycles. The predicted octanol–water partition coefficient (Wildman–Crippen LogP) is 2.31. The van der Waals surface area contributed by atoms with Crippen molar-refractivity contribution >= 4 is 21.8 Å². The van der Waals surface area contributed by atoms with Gasteiger partial charge in [0.15, 0.2) is 0 Å². The second-order valence-corrected chi connectivity index (χ2v) is 11.5. The Kier molecular flexibility index (Phi) is 7.20. The maximum Gasteiger partial charge on any atom is 0.226 e. The summed E-state index contributed by atoms with van der Waals surface area (Å²) in [5.41, 5.74) is 2.46. The van der Waals surface area contributed by atoms with Gasteiger partial charge in [0.2, 0.25) is 21.8 Å². The molecule has 1 aliphatic carbocycles. The van der Waals surface area contributed by atoms with E-state index >= 15 is 0 Å². The van der Waals surface area contributed by atoms with Crippen LogP contribution in [0.2, 0.25) is 0 Å². The Morgan fingerprint density at radius 3 is 2.59 bits per heavy atom. The Labute approximate surface area is 191 Å². The molecule has 1 saturated heterocycles. The second-order valence-electron chi connectivity index (χ2n) is 9.34. The molecule has 0 bridgehead atoms. The third kappa shape index (κ3) is 4.86. The summed E-state index contributed by atoms with van der Waals surface area (Å²) in [6.45, 7) is 3.96. The van der Waals surface area contributed by atoms with Gasteiger partial charge < -0.3 is 10.2 Å². The minimum Gasteiger partial charge on any atom is -0.356 e. The van der Waals surface area contributed by atoms with Gasteiger partial charge in [0.25, 0.3) is 0 Å². The Morgan fingerprint density at radius 2 is 1.81 bits per heavy atom. The molecule has 0 radical (unpaired) electrons. The number of nitrogens with zero attached hydrogens (tertiary/aromatic N) is 2. The van der Waals surface area contributed by atoms with Gasteiger partial charge in [0.1, 0.15) is 0 Å². The molecule has 4 rings (SSSR count). The second kappa shape index (κ2) is 9.91. The van der Waals surface area contributed by atoms with Crippen molar-refractivity contribution in [3.63, 3.8) is 0 Å². The molecule has 0 aromatic heterocycles.